The maximum absolute atomic E-state index is 14.3. The monoisotopic (exact) mass is 781 g/mol. The van der Waals surface area contributed by atoms with Crippen LogP contribution in [0.1, 0.15) is 82.8 Å². The van der Waals surface area contributed by atoms with E-state index >= 15 is 0 Å². The Morgan fingerprint density at radius 2 is 1.43 bits per heavy atom. The number of hydrogen-bond acceptors (Lipinski definition) is 7. The van der Waals surface area contributed by atoms with Crippen LogP contribution in [-0.2, 0) is 19.8 Å². The molecule has 2 heterocycles. The largest absolute Gasteiger partial charge is 0.478 e. The topological polar surface area (TPSA) is 131 Å². The molecule has 2 unspecified atom stereocenters. The number of benzene rings is 2. The quantitative estimate of drug-likeness (QED) is 0.178. The predicted molar refractivity (Wildman–Crippen MR) is 215 cm³/mol. The van der Waals surface area contributed by atoms with Crippen molar-refractivity contribution >= 4 is 41.0 Å². The van der Waals surface area contributed by atoms with E-state index in [9.17, 15) is 24.6 Å². The Morgan fingerprint density at radius 3 is 1.96 bits per heavy atom. The van der Waals surface area contributed by atoms with Crippen molar-refractivity contribution in [3.8, 4) is 0 Å². The fourth-order valence-electron chi connectivity index (χ4n) is 9.20. The van der Waals surface area contributed by atoms with E-state index in [1.54, 1.807) is 42.0 Å². The average Bonchev–Trinajstić information content (AvgIpc) is 3.15. The minimum absolute atomic E-state index is 0.119. The maximum Gasteiger partial charge on any atom is 0.334 e. The zero-order valence-electron chi connectivity index (χ0n) is 32.3. The molecule has 2 aromatic rings. The third-order valence-corrected chi connectivity index (χ3v) is 12.9. The summed E-state index contributed by atoms with van der Waals surface area (Å²) in [4.78, 5) is 49.7. The van der Waals surface area contributed by atoms with E-state index in [-0.39, 0.29) is 62.5 Å². The van der Waals surface area contributed by atoms with E-state index in [4.69, 9.17) is 28.9 Å². The highest BCUT2D eigenvalue weighted by Gasteiger charge is 2.52. The number of aliphatic carboxylic acids is 2. The Labute approximate surface area is 330 Å². The first-order valence-electron chi connectivity index (χ1n) is 19.4. The molecule has 294 valence electrons. The lowest BCUT2D eigenvalue weighted by molar-refractivity contribution is -0.134. The second kappa shape index (κ2) is 18.0. The molecule has 2 aromatic carbocycles. The molecule has 12 heteroatoms. The van der Waals surface area contributed by atoms with Crippen molar-refractivity contribution in [3.63, 3.8) is 0 Å². The zero-order chi connectivity index (χ0) is 39.2. The Hall–Kier alpha value is -3.41. The van der Waals surface area contributed by atoms with Crippen LogP contribution in [-0.4, -0.2) is 114 Å². The van der Waals surface area contributed by atoms with Gasteiger partial charge in [0.25, 0.3) is 0 Å². The average molecular weight is 783 g/mol. The Morgan fingerprint density at radius 1 is 0.852 bits per heavy atom. The fourth-order valence-corrected chi connectivity index (χ4v) is 9.98. The fraction of sp³-hybridized carbons (Fsp3) is 0.548. The van der Waals surface area contributed by atoms with E-state index in [0.29, 0.717) is 45.0 Å². The molecule has 54 heavy (non-hydrogen) atoms. The number of nitrogens with two attached hydrogens (primary N) is 1. The van der Waals surface area contributed by atoms with Gasteiger partial charge in [-0.15, -0.1) is 0 Å². The van der Waals surface area contributed by atoms with E-state index in [0.717, 1.165) is 38.0 Å². The Bertz CT molecular complexity index is 1710. The van der Waals surface area contributed by atoms with Gasteiger partial charge in [0.15, 0.2) is 0 Å². The molecule has 1 aliphatic carbocycles. The van der Waals surface area contributed by atoms with Crippen LogP contribution in [0.3, 0.4) is 0 Å². The van der Waals surface area contributed by atoms with Crippen molar-refractivity contribution in [1.29, 1.82) is 0 Å². The molecule has 0 spiro atoms. The first-order valence-corrected chi connectivity index (χ1v) is 20.1. The zero-order valence-corrected chi connectivity index (χ0v) is 33.8. The lowest BCUT2D eigenvalue weighted by Gasteiger charge is -2.45. The second-order valence-electron chi connectivity index (χ2n) is 15.4. The first kappa shape index (κ1) is 41.7. The number of nitrogens with zero attached hydrogens (tertiary/aromatic N) is 4. The lowest BCUT2D eigenvalue weighted by Crippen LogP contribution is -2.53. The molecular formula is C42H57Cl2N5O5. The van der Waals surface area contributed by atoms with Crippen LogP contribution in [0.4, 0.5) is 0 Å². The number of carbonyl (C=O) groups excluding carboxylic acids is 1. The summed E-state index contributed by atoms with van der Waals surface area (Å²) in [5.41, 5.74) is 6.12. The van der Waals surface area contributed by atoms with Crippen molar-refractivity contribution in [2.24, 2.45) is 11.1 Å². The van der Waals surface area contributed by atoms with Crippen molar-refractivity contribution in [2.75, 3.05) is 66.0 Å². The number of amides is 1. The molecule has 1 saturated carbocycles. The van der Waals surface area contributed by atoms with Gasteiger partial charge in [-0.1, -0.05) is 92.7 Å². The van der Waals surface area contributed by atoms with Crippen molar-refractivity contribution in [1.82, 2.24) is 19.6 Å². The predicted octanol–water partition coefficient (Wildman–Crippen LogP) is 6.83. The molecule has 2 atom stereocenters. The van der Waals surface area contributed by atoms with Crippen LogP contribution >= 0.6 is 23.2 Å². The van der Waals surface area contributed by atoms with Gasteiger partial charge in [0.05, 0.1) is 23.0 Å². The highest BCUT2D eigenvalue weighted by molar-refractivity contribution is 6.36. The van der Waals surface area contributed by atoms with E-state index in [1.807, 2.05) is 30.3 Å². The van der Waals surface area contributed by atoms with Crippen LogP contribution in [0.15, 0.2) is 71.1 Å². The maximum atomic E-state index is 14.3. The number of likely N-dealkylation sites (N-methyl/N-ethyl adjacent to an activating group) is 1. The first-order chi connectivity index (χ1) is 25.8. The van der Waals surface area contributed by atoms with Crippen LogP contribution in [0.5, 0.6) is 0 Å². The number of carboxylic acids is 2. The number of halogens is 2. The minimum Gasteiger partial charge on any atom is -0.478 e. The number of carbonyl (C=O) groups is 3. The molecule has 0 bridgehead atoms. The standard InChI is InChI=1S/C42H57Cl2N5O5/c1-5-47(6-2)26-30(29-14-9-7-10-15-29)24-33-37(39(51)52)41(3,36-31(43)16-13-17-32(36)44)38(40(53)54)34(46(33)4)25-35(50)49-22-20-48(21-23-49)28-42(27-45)18-11-8-12-19-42/h7,9-10,13-17,30H,5-6,8,11-12,18-28,45H2,1-4H3,(H,51,52)(H,53,54). The summed E-state index contributed by atoms with van der Waals surface area (Å²) in [7, 11) is 1.69. The van der Waals surface area contributed by atoms with Crippen LogP contribution in [0, 0.1) is 5.41 Å². The van der Waals surface area contributed by atoms with Gasteiger partial charge in [0, 0.05) is 79.2 Å². The van der Waals surface area contributed by atoms with E-state index < -0.39 is 17.4 Å². The van der Waals surface area contributed by atoms with Crippen LogP contribution < -0.4 is 5.73 Å². The molecule has 10 nitrogen and oxygen atoms in total. The van der Waals surface area contributed by atoms with Crippen LogP contribution in [0.2, 0.25) is 10.0 Å². The summed E-state index contributed by atoms with van der Waals surface area (Å²) in [6.45, 7) is 12.0. The normalized spacial score (nSPS) is 21.5. The summed E-state index contributed by atoms with van der Waals surface area (Å²) in [6, 6.07) is 14.8. The van der Waals surface area contributed by atoms with Gasteiger partial charge in [-0.2, -0.15) is 0 Å². The van der Waals surface area contributed by atoms with E-state index in [2.05, 4.69) is 23.6 Å². The summed E-state index contributed by atoms with van der Waals surface area (Å²) in [5, 5.41) is 22.5. The van der Waals surface area contributed by atoms with Crippen LogP contribution in [0.25, 0.3) is 0 Å². The molecule has 4 N–H and O–H groups in total. The van der Waals surface area contributed by atoms with Gasteiger partial charge >= 0.3 is 11.9 Å². The SMILES string of the molecule is CCN(CC)CC(CC1=C(C(=O)O)C(C)(c2c(Cl)cccc2Cl)C(C(=O)O)=C(CC(=O)N2CCN(CC3(CN)CCCCC3)CC2)N1C)c1ccccc1. The Kier molecular flexibility index (Phi) is 13.9. The number of allylic oxidation sites excluding steroid dienone is 1. The number of rotatable bonds is 15. The molecule has 1 amide bonds. The molecule has 3 aliphatic rings. The highest BCUT2D eigenvalue weighted by atomic mass is 35.5. The number of piperazine rings is 1. The third kappa shape index (κ3) is 8.68. The van der Waals surface area contributed by atoms with Crippen molar-refractivity contribution in [3.05, 3.63) is 92.2 Å². The van der Waals surface area contributed by atoms with Crippen molar-refractivity contribution in [2.45, 2.75) is 77.0 Å². The van der Waals surface area contributed by atoms with Gasteiger partial charge in [-0.25, -0.2) is 9.59 Å². The van der Waals surface area contributed by atoms with Gasteiger partial charge in [0.2, 0.25) is 5.91 Å². The minimum atomic E-state index is -1.81. The number of carboxylic acid groups (broad SMARTS) is 2. The van der Waals surface area contributed by atoms with Gasteiger partial charge in [-0.3, -0.25) is 9.69 Å². The molecule has 5 rings (SSSR count). The summed E-state index contributed by atoms with van der Waals surface area (Å²) in [6.07, 6.45) is 5.94. The molecule has 2 fully saturated rings. The third-order valence-electron chi connectivity index (χ3n) is 12.3. The van der Waals surface area contributed by atoms with Gasteiger partial charge in [-0.05, 0) is 68.9 Å². The van der Waals surface area contributed by atoms with Gasteiger partial charge in [0.1, 0.15) is 0 Å². The molecule has 2 aliphatic heterocycles. The Balaban J connectivity index is 1.57. The van der Waals surface area contributed by atoms with Crippen molar-refractivity contribution < 1.29 is 24.6 Å². The van der Waals surface area contributed by atoms with Gasteiger partial charge < -0.3 is 30.6 Å². The second-order valence-corrected chi connectivity index (χ2v) is 16.2. The molecule has 0 aromatic heterocycles. The number of hydrogen-bond donors (Lipinski definition) is 3. The van der Waals surface area contributed by atoms with E-state index in [1.165, 1.54) is 19.3 Å². The summed E-state index contributed by atoms with van der Waals surface area (Å²) < 4.78 is 0. The lowest BCUT2D eigenvalue weighted by atomic mass is 9.65. The molecule has 1 saturated heterocycles. The summed E-state index contributed by atoms with van der Waals surface area (Å²) in [5.74, 6) is -2.98. The molecular weight excluding hydrogens is 725 g/mol. The molecule has 0 radical (unpaired) electrons. The highest BCUT2D eigenvalue weighted by Crippen LogP contribution is 2.53. The summed E-state index contributed by atoms with van der Waals surface area (Å²) >= 11 is 13.7. The smallest absolute Gasteiger partial charge is 0.334 e.